The monoisotopic (exact) mass is 939 g/mol. The van der Waals surface area contributed by atoms with Crippen molar-refractivity contribution < 1.29 is 38.1 Å². The second kappa shape index (κ2) is 49.2. The summed E-state index contributed by atoms with van der Waals surface area (Å²) in [5.74, 6) is -0.740. The van der Waals surface area contributed by atoms with Crippen LogP contribution in [0.3, 0.4) is 0 Å². The van der Waals surface area contributed by atoms with Gasteiger partial charge in [-0.3, -0.25) is 19.2 Å². The van der Waals surface area contributed by atoms with Gasteiger partial charge < -0.3 is 38.5 Å². The van der Waals surface area contributed by atoms with E-state index in [1.165, 1.54) is 123 Å². The number of carbonyl (C=O) groups excluding carboxylic acids is 4. The predicted molar refractivity (Wildman–Crippen MR) is 273 cm³/mol. The Morgan fingerprint density at radius 2 is 0.545 bits per heavy atom. The molecule has 0 amide bonds. The van der Waals surface area contributed by atoms with Crippen LogP contribution in [0.1, 0.15) is 221 Å². The maximum absolute atomic E-state index is 12.8. The minimum atomic E-state index is -0.245. The smallest absolute Gasteiger partial charge is 0.307 e. The second-order valence-electron chi connectivity index (χ2n) is 18.6. The van der Waals surface area contributed by atoms with E-state index in [2.05, 4.69) is 54.2 Å². The SMILES string of the molecule is CCCCCCCCCCOC(=O)CCN(CCC(=O)OC)CCN(CC)CCCN(CC)CCN(CCC(=O)OCCCCCCCCCC)CCC(=O)OCCCCCCCCCC. The average Bonchev–Trinajstić information content (AvgIpc) is 3.32. The van der Waals surface area contributed by atoms with Crippen molar-refractivity contribution in [1.82, 2.24) is 19.6 Å². The molecule has 0 spiro atoms. The molecule has 0 saturated carbocycles. The lowest BCUT2D eigenvalue weighted by atomic mass is 10.1. The second-order valence-corrected chi connectivity index (χ2v) is 18.6. The lowest BCUT2D eigenvalue weighted by Gasteiger charge is -2.29. The van der Waals surface area contributed by atoms with E-state index in [9.17, 15) is 19.2 Å². The number of ether oxygens (including phenoxy) is 4. The number of unbranched alkanes of at least 4 members (excludes halogenated alkanes) is 21. The fourth-order valence-electron chi connectivity index (χ4n) is 8.19. The zero-order valence-corrected chi connectivity index (χ0v) is 44.2. The largest absolute Gasteiger partial charge is 0.469 e. The first-order valence-electron chi connectivity index (χ1n) is 27.7. The first-order chi connectivity index (χ1) is 32.2. The third-order valence-electron chi connectivity index (χ3n) is 12.8. The van der Waals surface area contributed by atoms with Gasteiger partial charge in [0.05, 0.1) is 52.6 Å². The summed E-state index contributed by atoms with van der Waals surface area (Å²) in [4.78, 5) is 59.4. The Morgan fingerprint density at radius 3 is 0.818 bits per heavy atom. The molecule has 0 aliphatic rings. The van der Waals surface area contributed by atoms with Crippen molar-refractivity contribution in [3.63, 3.8) is 0 Å². The molecule has 0 N–H and O–H groups in total. The van der Waals surface area contributed by atoms with E-state index < -0.39 is 0 Å². The number of hydrogen-bond acceptors (Lipinski definition) is 12. The molecule has 0 saturated heterocycles. The van der Waals surface area contributed by atoms with Gasteiger partial charge in [0.1, 0.15) is 0 Å². The van der Waals surface area contributed by atoms with Crippen LogP contribution in [0.5, 0.6) is 0 Å². The number of likely N-dealkylation sites (N-methyl/N-ethyl adjacent to an activating group) is 2. The summed E-state index contributed by atoms with van der Waals surface area (Å²) in [6.45, 7) is 21.7. The molecule has 12 nitrogen and oxygen atoms in total. The fourth-order valence-corrected chi connectivity index (χ4v) is 8.19. The van der Waals surface area contributed by atoms with Gasteiger partial charge in [-0.1, -0.05) is 169 Å². The molecule has 0 aliphatic carbocycles. The van der Waals surface area contributed by atoms with Crippen LogP contribution in [0.15, 0.2) is 0 Å². The molecule has 0 radical (unpaired) electrons. The van der Waals surface area contributed by atoms with E-state index >= 15 is 0 Å². The Hall–Kier alpha value is -2.28. The zero-order valence-electron chi connectivity index (χ0n) is 44.2. The molecule has 0 atom stereocenters. The normalized spacial score (nSPS) is 11.6. The Balaban J connectivity index is 4.96. The molecular formula is C54H106N4O8. The summed E-state index contributed by atoms with van der Waals surface area (Å²) in [6.07, 6.45) is 31.2. The molecule has 0 aromatic rings. The van der Waals surface area contributed by atoms with Gasteiger partial charge in [-0.2, -0.15) is 0 Å². The molecule has 0 aromatic heterocycles. The van der Waals surface area contributed by atoms with Crippen molar-refractivity contribution in [2.75, 3.05) is 105 Å². The highest BCUT2D eigenvalue weighted by Crippen LogP contribution is 2.12. The summed E-state index contributed by atoms with van der Waals surface area (Å²) in [6, 6.07) is 0. The molecule has 0 aromatic carbocycles. The molecular weight excluding hydrogens is 833 g/mol. The number of hydrogen-bond donors (Lipinski definition) is 0. The van der Waals surface area contributed by atoms with Gasteiger partial charge in [0.15, 0.2) is 0 Å². The third-order valence-corrected chi connectivity index (χ3v) is 12.8. The van der Waals surface area contributed by atoms with Gasteiger partial charge in [-0.25, -0.2) is 0 Å². The topological polar surface area (TPSA) is 118 Å². The first-order valence-corrected chi connectivity index (χ1v) is 27.7. The minimum absolute atomic E-state index is 0.162. The average molecular weight is 939 g/mol. The number of methoxy groups -OCH3 is 1. The molecule has 0 heterocycles. The van der Waals surface area contributed by atoms with Crippen LogP contribution in [0, 0.1) is 0 Å². The van der Waals surface area contributed by atoms with Gasteiger partial charge in [0.2, 0.25) is 0 Å². The van der Waals surface area contributed by atoms with Crippen molar-refractivity contribution >= 4 is 23.9 Å². The van der Waals surface area contributed by atoms with Gasteiger partial charge in [-0.05, 0) is 51.9 Å². The summed E-state index contributed by atoms with van der Waals surface area (Å²) in [5.41, 5.74) is 0. The van der Waals surface area contributed by atoms with E-state index in [1.807, 2.05) is 0 Å². The fraction of sp³-hybridized carbons (Fsp3) is 0.926. The Labute approximate surface area is 406 Å². The molecule has 66 heavy (non-hydrogen) atoms. The van der Waals surface area contributed by atoms with Crippen LogP contribution in [0.4, 0.5) is 0 Å². The van der Waals surface area contributed by atoms with E-state index in [0.717, 1.165) is 97.3 Å². The zero-order chi connectivity index (χ0) is 48.6. The Morgan fingerprint density at radius 1 is 0.288 bits per heavy atom. The van der Waals surface area contributed by atoms with Crippen molar-refractivity contribution in [2.24, 2.45) is 0 Å². The molecule has 0 bridgehead atoms. The number of esters is 4. The van der Waals surface area contributed by atoms with E-state index in [-0.39, 0.29) is 23.9 Å². The highest BCUT2D eigenvalue weighted by atomic mass is 16.5. The quantitative estimate of drug-likeness (QED) is 0.0328. The summed E-state index contributed by atoms with van der Waals surface area (Å²) >= 11 is 0. The van der Waals surface area contributed by atoms with Crippen LogP contribution >= 0.6 is 0 Å². The number of rotatable bonds is 51. The highest BCUT2D eigenvalue weighted by Gasteiger charge is 2.16. The lowest BCUT2D eigenvalue weighted by Crippen LogP contribution is -2.40. The van der Waals surface area contributed by atoms with Gasteiger partial charge in [0.25, 0.3) is 0 Å². The molecule has 390 valence electrons. The highest BCUT2D eigenvalue weighted by molar-refractivity contribution is 5.70. The maximum Gasteiger partial charge on any atom is 0.307 e. The van der Waals surface area contributed by atoms with Crippen molar-refractivity contribution in [3.05, 3.63) is 0 Å². The Bertz CT molecular complexity index is 1080. The van der Waals surface area contributed by atoms with Crippen LogP contribution in [0.25, 0.3) is 0 Å². The molecule has 12 heteroatoms. The minimum Gasteiger partial charge on any atom is -0.469 e. The van der Waals surface area contributed by atoms with Crippen molar-refractivity contribution in [2.45, 2.75) is 221 Å². The summed E-state index contributed by atoms with van der Waals surface area (Å²) in [7, 11) is 1.41. The van der Waals surface area contributed by atoms with Crippen LogP contribution in [0.2, 0.25) is 0 Å². The Kier molecular flexibility index (Phi) is 47.5. The predicted octanol–water partition coefficient (Wildman–Crippen LogP) is 11.4. The number of nitrogens with zero attached hydrogens (tertiary/aromatic N) is 4. The third kappa shape index (κ3) is 43.0. The summed E-state index contributed by atoms with van der Waals surface area (Å²) in [5, 5.41) is 0. The van der Waals surface area contributed by atoms with Crippen molar-refractivity contribution in [3.8, 4) is 0 Å². The van der Waals surface area contributed by atoms with E-state index in [4.69, 9.17) is 18.9 Å². The molecule has 0 unspecified atom stereocenters. The summed E-state index contributed by atoms with van der Waals surface area (Å²) < 4.78 is 21.7. The van der Waals surface area contributed by atoms with E-state index in [0.29, 0.717) is 71.7 Å². The van der Waals surface area contributed by atoms with Gasteiger partial charge >= 0.3 is 23.9 Å². The standard InChI is InChI=1S/C54H106N4O8/c1-7-12-15-18-21-24-27-30-48-64-52(60)35-41-57(40-34-51(59)63-6)46-44-55(10-4)38-33-39-56(11-5)45-47-58(42-36-53(61)65-49-31-28-25-22-19-16-13-8-2)43-37-54(62)66-50-32-29-26-23-20-17-14-9-3/h7-50H2,1-6H3. The van der Waals surface area contributed by atoms with E-state index in [1.54, 1.807) is 0 Å². The van der Waals surface area contributed by atoms with Crippen molar-refractivity contribution in [1.29, 1.82) is 0 Å². The maximum atomic E-state index is 12.8. The van der Waals surface area contributed by atoms with Crippen LogP contribution in [-0.4, -0.2) is 149 Å². The van der Waals surface area contributed by atoms with Crippen LogP contribution in [-0.2, 0) is 38.1 Å². The van der Waals surface area contributed by atoms with Crippen LogP contribution < -0.4 is 0 Å². The van der Waals surface area contributed by atoms with Gasteiger partial charge in [0, 0.05) is 52.4 Å². The molecule has 0 aliphatic heterocycles. The molecule has 0 rings (SSSR count). The first kappa shape index (κ1) is 63.7. The number of carbonyl (C=O) groups is 4. The lowest BCUT2D eigenvalue weighted by molar-refractivity contribution is -0.145. The van der Waals surface area contributed by atoms with Gasteiger partial charge in [-0.15, -0.1) is 0 Å². The molecule has 0 fully saturated rings.